The van der Waals surface area contributed by atoms with Gasteiger partial charge in [0.2, 0.25) is 23.6 Å². The summed E-state index contributed by atoms with van der Waals surface area (Å²) in [6, 6.07) is 3.75. The average Bonchev–Trinajstić information content (AvgIpc) is 3.11. The highest BCUT2D eigenvalue weighted by Gasteiger charge is 2.33. The number of nitrogens with zero attached hydrogens (tertiary/aromatic N) is 2. The van der Waals surface area contributed by atoms with E-state index < -0.39 is 89.6 Å². The Morgan fingerprint density at radius 1 is 0.882 bits per heavy atom. The van der Waals surface area contributed by atoms with E-state index in [-0.39, 0.29) is 31.9 Å². The minimum Gasteiger partial charge on any atom is -0.468 e. The summed E-state index contributed by atoms with van der Waals surface area (Å²) in [5, 5.41) is 19.8. The summed E-state index contributed by atoms with van der Waals surface area (Å²) in [6.07, 6.45) is 0.346. The number of hydrogen-bond donors (Lipinski definition) is 7. The first-order valence-corrected chi connectivity index (χ1v) is 16.5. The maximum absolute atomic E-state index is 13.7. The summed E-state index contributed by atoms with van der Waals surface area (Å²) >= 11 is 0. The number of hydrazine groups is 1. The van der Waals surface area contributed by atoms with Crippen molar-refractivity contribution in [1.82, 2.24) is 26.7 Å². The molecule has 0 heterocycles. The van der Waals surface area contributed by atoms with Gasteiger partial charge in [-0.15, -0.1) is 0 Å². The smallest absolute Gasteiger partial charge is 0.325 e. The topological polar surface area (TPSA) is 289 Å². The van der Waals surface area contributed by atoms with Gasteiger partial charge in [-0.3, -0.25) is 28.8 Å². The maximum atomic E-state index is 13.7. The molecule has 0 unspecified atom stereocenters. The van der Waals surface area contributed by atoms with Crippen molar-refractivity contribution < 1.29 is 43.3 Å². The Labute approximate surface area is 296 Å². The highest BCUT2D eigenvalue weighted by atomic mass is 16.7. The Morgan fingerprint density at radius 2 is 1.49 bits per heavy atom. The Bertz CT molecular complexity index is 1360. The third-order valence-corrected chi connectivity index (χ3v) is 8.01. The summed E-state index contributed by atoms with van der Waals surface area (Å²) in [7, 11) is 1.15. The van der Waals surface area contributed by atoms with Crippen molar-refractivity contribution in [3.8, 4) is 0 Å². The van der Waals surface area contributed by atoms with Crippen LogP contribution in [-0.2, 0) is 44.8 Å². The largest absolute Gasteiger partial charge is 0.468 e. The summed E-state index contributed by atoms with van der Waals surface area (Å²) in [5.41, 5.74) is 13.9. The van der Waals surface area contributed by atoms with Crippen LogP contribution in [0.2, 0.25) is 0 Å². The maximum Gasteiger partial charge on any atom is 0.325 e. The van der Waals surface area contributed by atoms with E-state index in [9.17, 15) is 38.9 Å². The molecule has 1 aromatic rings. The quantitative estimate of drug-likeness (QED) is 0.0192. The summed E-state index contributed by atoms with van der Waals surface area (Å²) in [5.74, 6) is -5.83. The third-order valence-electron chi connectivity index (χ3n) is 8.01. The standard InChI is InChI=1S/C32H51N9O10/c1-6-19(3)26(33)30(46)38-23(16-24(42)51-18-21-12-9-8-10-13-21)29(45)37-22(14-11-15-35-32(34)40-41(48)49)28(44)39-27(20(4)7-2)31(47)36-17-25(43)50-5/h8-10,12-13,19-20,22-23,26-27H,6-7,11,14-18,33H2,1-5H3,(H,36,47)(H,37,45)(H,38,46)(H,39,44)(H3,34,35,40)/t19-,20-,22-,23-,26-,27-/m0/s1. The molecule has 0 aliphatic carbocycles. The molecular weight excluding hydrogens is 670 g/mol. The third kappa shape index (κ3) is 16.8. The Kier molecular flexibility index (Phi) is 19.8. The van der Waals surface area contributed by atoms with E-state index in [1.54, 1.807) is 56.5 Å². The first-order chi connectivity index (χ1) is 24.1. The monoisotopic (exact) mass is 721 g/mol. The molecule has 0 fully saturated rings. The molecule has 1 aromatic carbocycles. The number of nitro groups is 1. The zero-order valence-electron chi connectivity index (χ0n) is 29.6. The van der Waals surface area contributed by atoms with Gasteiger partial charge in [0, 0.05) is 6.54 Å². The van der Waals surface area contributed by atoms with Crippen molar-refractivity contribution >= 4 is 41.5 Å². The van der Waals surface area contributed by atoms with Crippen LogP contribution < -0.4 is 38.2 Å². The second kappa shape index (κ2) is 23.1. The summed E-state index contributed by atoms with van der Waals surface area (Å²) in [4.78, 5) is 92.4. The van der Waals surface area contributed by atoms with E-state index in [1.165, 1.54) is 0 Å². The fourth-order valence-corrected chi connectivity index (χ4v) is 4.42. The molecule has 0 aliphatic rings. The summed E-state index contributed by atoms with van der Waals surface area (Å²) < 4.78 is 9.88. The molecule has 4 amide bonds. The Hall–Kier alpha value is -5.33. The summed E-state index contributed by atoms with van der Waals surface area (Å²) in [6.45, 7) is 6.42. The van der Waals surface area contributed by atoms with Gasteiger partial charge in [-0.25, -0.2) is 15.1 Å². The molecule has 0 aromatic heterocycles. The molecule has 0 bridgehead atoms. The number of nitrogens with one attached hydrogen (secondary N) is 5. The number of ether oxygens (including phenoxy) is 2. The molecule has 284 valence electrons. The van der Waals surface area contributed by atoms with E-state index in [0.717, 1.165) is 7.11 Å². The van der Waals surface area contributed by atoms with Crippen LogP contribution in [0, 0.1) is 22.0 Å². The van der Waals surface area contributed by atoms with Crippen LogP contribution in [0.1, 0.15) is 65.4 Å². The fraction of sp³-hybridized carbons (Fsp3) is 0.594. The van der Waals surface area contributed by atoms with E-state index in [1.807, 2.05) is 6.92 Å². The second-order valence-electron chi connectivity index (χ2n) is 11.8. The Balaban J connectivity index is 3.32. The molecule has 0 radical (unpaired) electrons. The minimum atomic E-state index is -1.52. The zero-order valence-corrected chi connectivity index (χ0v) is 29.6. The highest BCUT2D eigenvalue weighted by Crippen LogP contribution is 2.11. The van der Waals surface area contributed by atoms with Gasteiger partial charge in [0.05, 0.1) is 19.6 Å². The predicted molar refractivity (Wildman–Crippen MR) is 184 cm³/mol. The fourth-order valence-electron chi connectivity index (χ4n) is 4.42. The highest BCUT2D eigenvalue weighted by molar-refractivity contribution is 5.96. The van der Waals surface area contributed by atoms with Gasteiger partial charge in [-0.05, 0) is 30.2 Å². The zero-order chi connectivity index (χ0) is 38.5. The van der Waals surface area contributed by atoms with Gasteiger partial charge < -0.3 is 42.2 Å². The number of aliphatic imine (C=N–C) groups is 1. The second-order valence-corrected chi connectivity index (χ2v) is 11.8. The van der Waals surface area contributed by atoms with E-state index in [2.05, 4.69) is 31.0 Å². The van der Waals surface area contributed by atoms with Crippen LogP contribution in [0.4, 0.5) is 0 Å². The minimum absolute atomic E-state index is 0.0655. The number of carbonyl (C=O) groups excluding carboxylic acids is 6. The molecule has 0 saturated heterocycles. The number of hydrogen-bond acceptors (Lipinski definition) is 12. The van der Waals surface area contributed by atoms with Crippen molar-refractivity contribution in [3.63, 3.8) is 0 Å². The van der Waals surface area contributed by atoms with Crippen molar-refractivity contribution in [2.75, 3.05) is 20.2 Å². The molecule has 19 heteroatoms. The van der Waals surface area contributed by atoms with Gasteiger partial charge >= 0.3 is 11.9 Å². The van der Waals surface area contributed by atoms with Crippen LogP contribution in [0.5, 0.6) is 0 Å². The molecule has 0 spiro atoms. The molecule has 19 nitrogen and oxygen atoms in total. The Morgan fingerprint density at radius 3 is 2.08 bits per heavy atom. The van der Waals surface area contributed by atoms with Gasteiger partial charge in [0.25, 0.3) is 5.96 Å². The number of nitrogens with two attached hydrogens (primary N) is 2. The number of amides is 4. The average molecular weight is 722 g/mol. The van der Waals surface area contributed by atoms with E-state index in [0.29, 0.717) is 18.4 Å². The van der Waals surface area contributed by atoms with Gasteiger partial charge in [0.1, 0.15) is 31.3 Å². The molecular formula is C32H51N9O10. The van der Waals surface area contributed by atoms with Gasteiger partial charge in [-0.2, -0.15) is 0 Å². The molecule has 1 rings (SSSR count). The molecule has 6 atom stereocenters. The molecule has 9 N–H and O–H groups in total. The van der Waals surface area contributed by atoms with Crippen molar-refractivity contribution in [2.45, 2.75) is 90.6 Å². The van der Waals surface area contributed by atoms with Gasteiger partial charge in [0.15, 0.2) is 5.03 Å². The van der Waals surface area contributed by atoms with Crippen molar-refractivity contribution in [1.29, 1.82) is 0 Å². The predicted octanol–water partition coefficient (Wildman–Crippen LogP) is -0.841. The lowest BCUT2D eigenvalue weighted by Crippen LogP contribution is -2.59. The number of guanidine groups is 1. The first kappa shape index (κ1) is 43.7. The van der Waals surface area contributed by atoms with Crippen LogP contribution >= 0.6 is 0 Å². The number of rotatable bonds is 22. The molecule has 0 aliphatic heterocycles. The number of methoxy groups -OCH3 is 1. The van der Waals surface area contributed by atoms with E-state index in [4.69, 9.17) is 16.2 Å². The number of carbonyl (C=O) groups is 6. The normalized spacial score (nSPS) is 14.7. The van der Waals surface area contributed by atoms with Crippen LogP contribution in [0.15, 0.2) is 35.3 Å². The van der Waals surface area contributed by atoms with E-state index >= 15 is 0 Å². The first-order valence-electron chi connectivity index (χ1n) is 16.5. The van der Waals surface area contributed by atoms with Crippen molar-refractivity contribution in [2.24, 2.45) is 28.3 Å². The van der Waals surface area contributed by atoms with Crippen molar-refractivity contribution in [3.05, 3.63) is 46.0 Å². The van der Waals surface area contributed by atoms with Crippen LogP contribution in [0.3, 0.4) is 0 Å². The number of benzene rings is 1. The lowest BCUT2D eigenvalue weighted by Gasteiger charge is -2.28. The van der Waals surface area contributed by atoms with Gasteiger partial charge in [-0.1, -0.05) is 76.3 Å². The molecule has 0 saturated carbocycles. The lowest BCUT2D eigenvalue weighted by molar-refractivity contribution is -0.525. The SMILES string of the molecule is CC[C@H](C)[C@H](N)C(=O)N[C@@H](CC(=O)OCc1ccccc1)C(=O)N[C@@H](CCCN=C(N)N[N+](=O)[O-])C(=O)N[C@H](C(=O)NCC(=O)OC)[C@@H](C)CC. The van der Waals surface area contributed by atoms with Crippen LogP contribution in [-0.4, -0.2) is 90.9 Å². The number of esters is 2. The lowest BCUT2D eigenvalue weighted by atomic mass is 9.97. The van der Waals surface area contributed by atoms with Crippen LogP contribution in [0.25, 0.3) is 0 Å². The molecule has 51 heavy (non-hydrogen) atoms.